The van der Waals surface area contributed by atoms with Crippen LogP contribution in [0.2, 0.25) is 10.0 Å². The van der Waals surface area contributed by atoms with Gasteiger partial charge in [-0.15, -0.1) is 0 Å². The summed E-state index contributed by atoms with van der Waals surface area (Å²) < 4.78 is 52.2. The summed E-state index contributed by atoms with van der Waals surface area (Å²) >= 11 is 12.1. The SMILES string of the molecule is Cc1ccc2c(c1NC(=O)Cc1ccc(C(F)(F)F)c(F)c1)CCN(C(=O)c1cc(Cl)cc(Cl)c1)C2. The number of rotatable bonds is 4. The molecule has 0 aromatic heterocycles. The molecule has 0 aliphatic carbocycles. The quantitative estimate of drug-likeness (QED) is 0.369. The number of amides is 2. The summed E-state index contributed by atoms with van der Waals surface area (Å²) in [5.41, 5.74) is 2.22. The van der Waals surface area contributed by atoms with E-state index in [1.165, 1.54) is 0 Å². The molecule has 36 heavy (non-hydrogen) atoms. The molecule has 0 atom stereocenters. The van der Waals surface area contributed by atoms with Crippen LogP contribution in [0.5, 0.6) is 0 Å². The molecule has 3 aromatic carbocycles. The Bertz CT molecular complexity index is 1340. The summed E-state index contributed by atoms with van der Waals surface area (Å²) in [6.45, 7) is 2.52. The molecule has 3 aromatic rings. The van der Waals surface area contributed by atoms with Gasteiger partial charge in [-0.3, -0.25) is 9.59 Å². The highest BCUT2D eigenvalue weighted by Gasteiger charge is 2.34. The first-order valence-corrected chi connectivity index (χ1v) is 11.7. The Hall–Kier alpha value is -3.10. The predicted molar refractivity (Wildman–Crippen MR) is 130 cm³/mol. The van der Waals surface area contributed by atoms with Gasteiger partial charge in [0, 0.05) is 34.4 Å². The van der Waals surface area contributed by atoms with Gasteiger partial charge in [0.15, 0.2) is 0 Å². The number of anilines is 1. The van der Waals surface area contributed by atoms with Gasteiger partial charge in [0.25, 0.3) is 5.91 Å². The van der Waals surface area contributed by atoms with Crippen LogP contribution in [0.4, 0.5) is 23.2 Å². The van der Waals surface area contributed by atoms with Crippen molar-refractivity contribution in [1.29, 1.82) is 0 Å². The minimum Gasteiger partial charge on any atom is -0.334 e. The Morgan fingerprint density at radius 3 is 2.36 bits per heavy atom. The van der Waals surface area contributed by atoms with Crippen molar-refractivity contribution in [1.82, 2.24) is 4.90 Å². The van der Waals surface area contributed by atoms with Gasteiger partial charge in [-0.05, 0) is 65.9 Å². The van der Waals surface area contributed by atoms with Crippen molar-refractivity contribution in [2.45, 2.75) is 32.5 Å². The maximum absolute atomic E-state index is 13.9. The van der Waals surface area contributed by atoms with E-state index in [9.17, 15) is 27.2 Å². The van der Waals surface area contributed by atoms with Crippen molar-refractivity contribution in [2.24, 2.45) is 0 Å². The largest absolute Gasteiger partial charge is 0.419 e. The van der Waals surface area contributed by atoms with Crippen LogP contribution in [-0.4, -0.2) is 23.3 Å². The monoisotopic (exact) mass is 538 g/mol. The maximum Gasteiger partial charge on any atom is 0.419 e. The molecule has 0 unspecified atom stereocenters. The average molecular weight is 539 g/mol. The molecule has 1 heterocycles. The van der Waals surface area contributed by atoms with Crippen LogP contribution in [0.25, 0.3) is 0 Å². The van der Waals surface area contributed by atoms with Crippen molar-refractivity contribution in [3.8, 4) is 0 Å². The Morgan fingerprint density at radius 1 is 1.03 bits per heavy atom. The molecule has 0 radical (unpaired) electrons. The van der Waals surface area contributed by atoms with Crippen LogP contribution in [0.15, 0.2) is 48.5 Å². The Morgan fingerprint density at radius 2 is 1.72 bits per heavy atom. The second-order valence-corrected chi connectivity index (χ2v) is 9.44. The van der Waals surface area contributed by atoms with Crippen molar-refractivity contribution in [3.05, 3.63) is 97.8 Å². The van der Waals surface area contributed by atoms with Crippen LogP contribution in [0, 0.1) is 12.7 Å². The number of halogens is 6. The molecule has 0 fully saturated rings. The van der Waals surface area contributed by atoms with Gasteiger partial charge < -0.3 is 10.2 Å². The topological polar surface area (TPSA) is 49.4 Å². The lowest BCUT2D eigenvalue weighted by atomic mass is 9.94. The molecular formula is C26H20Cl2F4N2O2. The number of aryl methyl sites for hydroxylation is 1. The molecule has 10 heteroatoms. The number of hydrogen-bond acceptors (Lipinski definition) is 2. The summed E-state index contributed by atoms with van der Waals surface area (Å²) in [4.78, 5) is 27.4. The van der Waals surface area contributed by atoms with E-state index in [0.717, 1.165) is 28.8 Å². The summed E-state index contributed by atoms with van der Waals surface area (Å²) in [5, 5.41) is 3.54. The van der Waals surface area contributed by atoms with E-state index in [0.29, 0.717) is 46.9 Å². The fourth-order valence-electron chi connectivity index (χ4n) is 4.25. The van der Waals surface area contributed by atoms with E-state index < -0.39 is 23.5 Å². The van der Waals surface area contributed by atoms with Gasteiger partial charge in [-0.1, -0.05) is 41.4 Å². The standard InChI is InChI=1S/C26H20Cl2F4N2O2/c1-14-2-4-16-13-34(25(36)17-10-18(27)12-19(28)11-17)7-6-20(16)24(14)33-23(35)9-15-3-5-21(22(29)8-15)26(30,31)32/h2-5,8,10-12H,6-7,9,13H2,1H3,(H,33,35). The lowest BCUT2D eigenvalue weighted by Crippen LogP contribution is -2.36. The molecule has 4 nitrogen and oxygen atoms in total. The summed E-state index contributed by atoms with van der Waals surface area (Å²) in [5.74, 6) is -2.13. The first-order chi connectivity index (χ1) is 16.9. The zero-order valence-electron chi connectivity index (χ0n) is 19.0. The third-order valence-electron chi connectivity index (χ3n) is 5.98. The normalized spacial score (nSPS) is 13.4. The van der Waals surface area contributed by atoms with Crippen LogP contribution in [-0.2, 0) is 30.4 Å². The molecule has 0 saturated carbocycles. The molecule has 0 saturated heterocycles. The molecular weight excluding hydrogens is 519 g/mol. The molecule has 4 rings (SSSR count). The average Bonchev–Trinajstić information content (AvgIpc) is 2.78. The van der Waals surface area contributed by atoms with Gasteiger partial charge in [-0.25, -0.2) is 4.39 Å². The van der Waals surface area contributed by atoms with Crippen LogP contribution in [0.1, 0.15) is 38.2 Å². The fraction of sp³-hybridized carbons (Fsp3) is 0.231. The van der Waals surface area contributed by atoms with E-state index >= 15 is 0 Å². The maximum atomic E-state index is 13.9. The minimum atomic E-state index is -4.81. The van der Waals surface area contributed by atoms with Gasteiger partial charge in [0.2, 0.25) is 5.91 Å². The van der Waals surface area contributed by atoms with Crippen LogP contribution < -0.4 is 5.32 Å². The van der Waals surface area contributed by atoms with Gasteiger partial charge in [0.05, 0.1) is 12.0 Å². The molecule has 0 spiro atoms. The van der Waals surface area contributed by atoms with Crippen molar-refractivity contribution in [3.63, 3.8) is 0 Å². The van der Waals surface area contributed by atoms with Crippen molar-refractivity contribution in [2.75, 3.05) is 11.9 Å². The van der Waals surface area contributed by atoms with Gasteiger partial charge in [0.1, 0.15) is 5.82 Å². The van der Waals surface area contributed by atoms with Crippen molar-refractivity contribution >= 4 is 40.7 Å². The smallest absolute Gasteiger partial charge is 0.334 e. The van der Waals surface area contributed by atoms with Crippen LogP contribution in [0.3, 0.4) is 0 Å². The second kappa shape index (κ2) is 10.1. The summed E-state index contributed by atoms with van der Waals surface area (Å²) in [6, 6.07) is 10.8. The van der Waals surface area contributed by atoms with E-state index in [2.05, 4.69) is 5.32 Å². The van der Waals surface area contributed by atoms with Gasteiger partial charge >= 0.3 is 6.18 Å². The molecule has 1 aliphatic rings. The van der Waals surface area contributed by atoms with E-state index in [1.54, 1.807) is 23.1 Å². The first-order valence-electron chi connectivity index (χ1n) is 10.9. The molecule has 1 aliphatic heterocycles. The minimum absolute atomic E-state index is 0.123. The highest BCUT2D eigenvalue weighted by Crippen LogP contribution is 2.33. The Labute approximate surface area is 214 Å². The summed E-state index contributed by atoms with van der Waals surface area (Å²) in [7, 11) is 0. The molecule has 188 valence electrons. The highest BCUT2D eigenvalue weighted by atomic mass is 35.5. The number of benzene rings is 3. The number of nitrogens with zero attached hydrogens (tertiary/aromatic N) is 1. The Balaban J connectivity index is 1.50. The zero-order chi connectivity index (χ0) is 26.2. The number of carbonyl (C=O) groups excluding carboxylic acids is 2. The third kappa shape index (κ3) is 5.65. The molecule has 2 amide bonds. The lowest BCUT2D eigenvalue weighted by molar-refractivity contribution is -0.140. The third-order valence-corrected chi connectivity index (χ3v) is 6.41. The number of carbonyl (C=O) groups is 2. The number of nitrogens with one attached hydrogen (secondary N) is 1. The highest BCUT2D eigenvalue weighted by molar-refractivity contribution is 6.35. The second-order valence-electron chi connectivity index (χ2n) is 8.57. The lowest BCUT2D eigenvalue weighted by Gasteiger charge is -2.31. The summed E-state index contributed by atoms with van der Waals surface area (Å²) in [6.07, 6.45) is -4.63. The fourth-order valence-corrected chi connectivity index (χ4v) is 4.77. The van der Waals surface area contributed by atoms with E-state index in [-0.39, 0.29) is 17.9 Å². The van der Waals surface area contributed by atoms with E-state index in [1.807, 2.05) is 19.1 Å². The number of alkyl halides is 3. The first kappa shape index (κ1) is 26.0. The van der Waals surface area contributed by atoms with Crippen molar-refractivity contribution < 1.29 is 27.2 Å². The number of fused-ring (bicyclic) bond motifs is 1. The van der Waals surface area contributed by atoms with Gasteiger partial charge in [-0.2, -0.15) is 13.2 Å². The number of hydrogen-bond donors (Lipinski definition) is 1. The predicted octanol–water partition coefficient (Wildman–Crippen LogP) is 6.84. The van der Waals surface area contributed by atoms with Crippen LogP contribution >= 0.6 is 23.2 Å². The zero-order valence-corrected chi connectivity index (χ0v) is 20.5. The van der Waals surface area contributed by atoms with E-state index in [4.69, 9.17) is 23.2 Å². The molecule has 1 N–H and O–H groups in total. The molecule has 0 bridgehead atoms. The Kier molecular flexibility index (Phi) is 7.29.